The van der Waals surface area contributed by atoms with Gasteiger partial charge < -0.3 is 0 Å². The second-order valence-electron chi connectivity index (χ2n) is 5.35. The Bertz CT molecular complexity index is 1010. The molecule has 3 aromatic heterocycles. The lowest BCUT2D eigenvalue weighted by Gasteiger charge is -1.97. The van der Waals surface area contributed by atoms with Crippen molar-refractivity contribution in [2.45, 2.75) is 13.8 Å². The number of hydrogen-bond acceptors (Lipinski definition) is 6. The van der Waals surface area contributed by atoms with E-state index < -0.39 is 0 Å². The molecule has 0 aliphatic rings. The van der Waals surface area contributed by atoms with Gasteiger partial charge in [0.05, 0.1) is 23.3 Å². The number of thiazole rings is 2. The van der Waals surface area contributed by atoms with Gasteiger partial charge in [-0.2, -0.15) is 5.10 Å². The van der Waals surface area contributed by atoms with Gasteiger partial charge in [0, 0.05) is 22.0 Å². The van der Waals surface area contributed by atoms with Crippen LogP contribution in [0.2, 0.25) is 0 Å². The van der Waals surface area contributed by atoms with Gasteiger partial charge in [0.1, 0.15) is 0 Å². The number of anilines is 1. The summed E-state index contributed by atoms with van der Waals surface area (Å²) >= 11 is 3.18. The Balaban J connectivity index is 1.54. The van der Waals surface area contributed by atoms with E-state index in [-0.39, 0.29) is 0 Å². The molecule has 0 saturated carbocycles. The topological polar surface area (TPSA) is 54.6 Å². The zero-order valence-corrected chi connectivity index (χ0v) is 14.9. The Kier molecular flexibility index (Phi) is 3.87. The molecule has 0 saturated heterocycles. The maximum absolute atomic E-state index is 4.56. The molecular weight excluding hydrogens is 338 g/mol. The monoisotopic (exact) mass is 353 g/mol. The van der Waals surface area contributed by atoms with E-state index in [0.29, 0.717) is 0 Å². The van der Waals surface area contributed by atoms with Gasteiger partial charge in [-0.1, -0.05) is 30.3 Å². The molecule has 0 radical (unpaired) electrons. The number of hydrogen-bond donors (Lipinski definition) is 1. The summed E-state index contributed by atoms with van der Waals surface area (Å²) in [5.74, 6) is 0. The van der Waals surface area contributed by atoms with Crippen LogP contribution >= 0.6 is 22.7 Å². The molecule has 3 heterocycles. The summed E-state index contributed by atoms with van der Waals surface area (Å²) in [7, 11) is 0. The number of rotatable bonds is 4. The largest absolute Gasteiger partial charge is 0.286 e. The molecule has 4 rings (SSSR count). The predicted molar refractivity (Wildman–Crippen MR) is 101 cm³/mol. The van der Waals surface area contributed by atoms with Crippen LogP contribution in [0, 0.1) is 13.8 Å². The molecule has 0 unspecified atom stereocenters. The van der Waals surface area contributed by atoms with Crippen molar-refractivity contribution in [2.24, 2.45) is 5.10 Å². The molecule has 7 heteroatoms. The van der Waals surface area contributed by atoms with Gasteiger partial charge in [-0.15, -0.1) is 22.7 Å². The Morgan fingerprint density at radius 2 is 1.92 bits per heavy atom. The van der Waals surface area contributed by atoms with Gasteiger partial charge >= 0.3 is 0 Å². The van der Waals surface area contributed by atoms with Crippen LogP contribution in [0.25, 0.3) is 16.2 Å². The van der Waals surface area contributed by atoms with Crippen molar-refractivity contribution in [1.82, 2.24) is 14.4 Å². The second-order valence-corrected chi connectivity index (χ2v) is 7.05. The highest BCUT2D eigenvalue weighted by atomic mass is 32.1. The second kappa shape index (κ2) is 6.18. The third-order valence-corrected chi connectivity index (χ3v) is 5.37. The molecule has 120 valence electrons. The predicted octanol–water partition coefficient (Wildman–Crippen LogP) is 4.58. The first-order chi connectivity index (χ1) is 11.7. The average molecular weight is 353 g/mol. The van der Waals surface area contributed by atoms with Crippen LogP contribution < -0.4 is 5.43 Å². The van der Waals surface area contributed by atoms with E-state index in [1.807, 2.05) is 42.6 Å². The lowest BCUT2D eigenvalue weighted by atomic mass is 10.2. The highest BCUT2D eigenvalue weighted by molar-refractivity contribution is 7.15. The van der Waals surface area contributed by atoms with E-state index in [0.717, 1.165) is 38.4 Å². The molecule has 5 nitrogen and oxygen atoms in total. The number of nitrogens with one attached hydrogen (secondary N) is 1. The number of fused-ring (bicyclic) bond motifs is 1. The molecule has 0 amide bonds. The normalized spacial score (nSPS) is 11.6. The SMILES string of the molecule is Cc1nc2scc(C)n2c1/C=N\Nc1nc(-c2ccccc2)cs1. The molecule has 0 spiro atoms. The fourth-order valence-electron chi connectivity index (χ4n) is 2.49. The Hall–Kier alpha value is -2.51. The molecule has 24 heavy (non-hydrogen) atoms. The number of benzene rings is 1. The van der Waals surface area contributed by atoms with Crippen LogP contribution in [0.15, 0.2) is 46.2 Å². The maximum atomic E-state index is 4.56. The van der Waals surface area contributed by atoms with Crippen LogP contribution in [0.1, 0.15) is 17.1 Å². The average Bonchev–Trinajstić information content (AvgIpc) is 3.27. The number of nitrogens with zero attached hydrogens (tertiary/aromatic N) is 4. The number of aryl methyl sites for hydroxylation is 2. The standard InChI is InChI=1S/C17H15N5S2/c1-11-9-24-17-19-12(2)15(22(11)17)8-18-21-16-20-14(10-23-16)13-6-4-3-5-7-13/h3-10H,1-2H3,(H,20,21)/b18-8-. The van der Waals surface area contributed by atoms with Gasteiger partial charge in [0.15, 0.2) is 4.96 Å². The summed E-state index contributed by atoms with van der Waals surface area (Å²) in [6, 6.07) is 10.1. The van der Waals surface area contributed by atoms with Gasteiger partial charge in [0.25, 0.3) is 0 Å². The minimum absolute atomic E-state index is 0.769. The fourth-order valence-corrected chi connectivity index (χ4v) is 4.08. The highest BCUT2D eigenvalue weighted by Crippen LogP contribution is 2.24. The Morgan fingerprint density at radius 1 is 1.08 bits per heavy atom. The van der Waals surface area contributed by atoms with Crippen LogP contribution in [-0.2, 0) is 0 Å². The minimum atomic E-state index is 0.769. The van der Waals surface area contributed by atoms with Crippen LogP contribution in [-0.4, -0.2) is 20.6 Å². The van der Waals surface area contributed by atoms with Crippen molar-refractivity contribution in [3.63, 3.8) is 0 Å². The van der Waals surface area contributed by atoms with Crippen LogP contribution in [0.3, 0.4) is 0 Å². The zero-order valence-electron chi connectivity index (χ0n) is 13.2. The van der Waals surface area contributed by atoms with Gasteiger partial charge in [-0.05, 0) is 13.8 Å². The fraction of sp³-hybridized carbons (Fsp3) is 0.118. The molecule has 0 fully saturated rings. The van der Waals surface area contributed by atoms with Crippen molar-refractivity contribution in [1.29, 1.82) is 0 Å². The quantitative estimate of drug-likeness (QED) is 0.431. The lowest BCUT2D eigenvalue weighted by Crippen LogP contribution is -1.96. The molecule has 0 atom stereocenters. The van der Waals surface area contributed by atoms with E-state index in [4.69, 9.17) is 0 Å². The number of hydrazone groups is 1. The highest BCUT2D eigenvalue weighted by Gasteiger charge is 2.10. The summed E-state index contributed by atoms with van der Waals surface area (Å²) in [6.45, 7) is 4.07. The van der Waals surface area contributed by atoms with Gasteiger partial charge in [0.2, 0.25) is 5.13 Å². The smallest absolute Gasteiger partial charge is 0.203 e. The van der Waals surface area contributed by atoms with Crippen LogP contribution in [0.4, 0.5) is 5.13 Å². The van der Waals surface area contributed by atoms with E-state index in [9.17, 15) is 0 Å². The van der Waals surface area contributed by atoms with Crippen molar-refractivity contribution >= 4 is 39.0 Å². The van der Waals surface area contributed by atoms with Crippen molar-refractivity contribution < 1.29 is 0 Å². The third kappa shape index (κ3) is 2.72. The first kappa shape index (κ1) is 15.0. The van der Waals surface area contributed by atoms with Gasteiger partial charge in [-0.3, -0.25) is 9.83 Å². The summed E-state index contributed by atoms with van der Waals surface area (Å²) in [4.78, 5) is 10.1. The van der Waals surface area contributed by atoms with E-state index in [1.165, 1.54) is 11.3 Å². The molecule has 0 aliphatic carbocycles. The molecule has 4 aromatic rings. The molecule has 1 aromatic carbocycles. The van der Waals surface area contributed by atoms with E-state index in [2.05, 4.69) is 37.2 Å². The maximum Gasteiger partial charge on any atom is 0.203 e. The number of aromatic nitrogens is 3. The first-order valence-corrected chi connectivity index (χ1v) is 9.21. The summed E-state index contributed by atoms with van der Waals surface area (Å²) in [5, 5.41) is 9.23. The zero-order chi connectivity index (χ0) is 16.5. The Labute approximate surface area is 147 Å². The molecule has 1 N–H and O–H groups in total. The van der Waals surface area contributed by atoms with Crippen molar-refractivity contribution in [3.8, 4) is 11.3 Å². The van der Waals surface area contributed by atoms with Crippen molar-refractivity contribution in [3.05, 3.63) is 58.2 Å². The molecule has 0 aliphatic heterocycles. The summed E-state index contributed by atoms with van der Waals surface area (Å²) < 4.78 is 2.11. The summed E-state index contributed by atoms with van der Waals surface area (Å²) in [6.07, 6.45) is 1.80. The molecular formula is C17H15N5S2. The van der Waals surface area contributed by atoms with E-state index >= 15 is 0 Å². The first-order valence-electron chi connectivity index (χ1n) is 7.45. The molecule has 0 bridgehead atoms. The summed E-state index contributed by atoms with van der Waals surface area (Å²) in [5.41, 5.74) is 8.21. The van der Waals surface area contributed by atoms with E-state index in [1.54, 1.807) is 17.6 Å². The van der Waals surface area contributed by atoms with Gasteiger partial charge in [-0.25, -0.2) is 9.97 Å². The minimum Gasteiger partial charge on any atom is -0.286 e. The van der Waals surface area contributed by atoms with Crippen LogP contribution in [0.5, 0.6) is 0 Å². The third-order valence-electron chi connectivity index (χ3n) is 3.67. The van der Waals surface area contributed by atoms with Crippen molar-refractivity contribution in [2.75, 3.05) is 5.43 Å². The Morgan fingerprint density at radius 3 is 2.75 bits per heavy atom. The number of imidazole rings is 1. The lowest BCUT2D eigenvalue weighted by molar-refractivity contribution is 1.11.